The van der Waals surface area contributed by atoms with Gasteiger partial charge in [0.05, 0.1) is 5.56 Å². The van der Waals surface area contributed by atoms with Crippen LogP contribution in [0.1, 0.15) is 22.9 Å². The van der Waals surface area contributed by atoms with Crippen LogP contribution in [0.4, 0.5) is 13.2 Å². The van der Waals surface area contributed by atoms with Crippen molar-refractivity contribution in [1.29, 1.82) is 0 Å². The number of alkyl halides is 4. The Balaban J connectivity index is 2.62. The van der Waals surface area contributed by atoms with Crippen LogP contribution in [0.2, 0.25) is 0 Å². The van der Waals surface area contributed by atoms with E-state index < -0.39 is 11.7 Å². The highest BCUT2D eigenvalue weighted by Crippen LogP contribution is 2.39. The third-order valence-corrected chi connectivity index (χ3v) is 3.42. The minimum atomic E-state index is -4.36. The van der Waals surface area contributed by atoms with Crippen LogP contribution < -0.4 is 0 Å². The maximum Gasteiger partial charge on any atom is 0.417 e. The maximum atomic E-state index is 13.2. The fraction of sp³-hybridized carbons (Fsp3) is 0.200. The highest BCUT2D eigenvalue weighted by Gasteiger charge is 2.34. The van der Waals surface area contributed by atoms with Gasteiger partial charge in [0.15, 0.2) is 0 Å². The van der Waals surface area contributed by atoms with Crippen molar-refractivity contribution in [1.82, 2.24) is 0 Å². The summed E-state index contributed by atoms with van der Waals surface area (Å²) in [5, 5.41) is 0. The molecular formula is C15H12BrF3. The Labute approximate surface area is 118 Å². The highest BCUT2D eigenvalue weighted by molar-refractivity contribution is 9.09. The van der Waals surface area contributed by atoms with Gasteiger partial charge < -0.3 is 0 Å². The van der Waals surface area contributed by atoms with Gasteiger partial charge in [0.2, 0.25) is 0 Å². The van der Waals surface area contributed by atoms with Gasteiger partial charge in [-0.2, -0.15) is 13.2 Å². The normalized spacial score (nSPS) is 13.3. The molecule has 2 rings (SSSR count). The van der Waals surface area contributed by atoms with E-state index in [4.69, 9.17) is 0 Å². The Bertz CT molecular complexity index is 559. The van der Waals surface area contributed by atoms with Crippen LogP contribution in [0, 0.1) is 0 Å². The van der Waals surface area contributed by atoms with E-state index in [9.17, 15) is 13.2 Å². The van der Waals surface area contributed by atoms with Gasteiger partial charge in [-0.05, 0) is 29.7 Å². The van der Waals surface area contributed by atoms with E-state index in [2.05, 4.69) is 15.9 Å². The second-order valence-corrected chi connectivity index (χ2v) is 5.66. The van der Waals surface area contributed by atoms with E-state index in [1.165, 1.54) is 12.1 Å². The van der Waals surface area contributed by atoms with Gasteiger partial charge in [-0.1, -0.05) is 58.4 Å². The molecule has 0 saturated heterocycles. The molecule has 0 aliphatic heterocycles. The number of benzene rings is 2. The Morgan fingerprint density at radius 1 is 1.00 bits per heavy atom. The Kier molecular flexibility index (Phi) is 3.99. The molecule has 100 valence electrons. The largest absolute Gasteiger partial charge is 0.417 e. The summed E-state index contributed by atoms with van der Waals surface area (Å²) >= 11 is 3.30. The lowest BCUT2D eigenvalue weighted by Gasteiger charge is -2.15. The first-order valence-corrected chi connectivity index (χ1v) is 6.72. The fourth-order valence-corrected chi connectivity index (χ4v) is 2.20. The zero-order chi connectivity index (χ0) is 14.0. The molecule has 1 atom stereocenters. The lowest BCUT2D eigenvalue weighted by atomic mass is 9.96. The Morgan fingerprint density at radius 3 is 2.16 bits per heavy atom. The molecule has 0 aliphatic rings. The third-order valence-electron chi connectivity index (χ3n) is 2.89. The van der Waals surface area contributed by atoms with Crippen molar-refractivity contribution in [3.63, 3.8) is 0 Å². The second-order valence-electron chi connectivity index (χ2n) is 4.28. The zero-order valence-electron chi connectivity index (χ0n) is 10.2. The minimum absolute atomic E-state index is 0.113. The summed E-state index contributed by atoms with van der Waals surface area (Å²) in [6, 6.07) is 13.1. The van der Waals surface area contributed by atoms with Crippen molar-refractivity contribution in [2.75, 3.05) is 0 Å². The van der Waals surface area contributed by atoms with Crippen LogP contribution >= 0.6 is 15.9 Å². The molecule has 0 radical (unpaired) electrons. The molecule has 19 heavy (non-hydrogen) atoms. The van der Waals surface area contributed by atoms with Crippen molar-refractivity contribution < 1.29 is 13.2 Å². The van der Waals surface area contributed by atoms with Gasteiger partial charge in [0.25, 0.3) is 0 Å². The standard InChI is InChI=1S/C15H12BrF3/c1-10(16)12-7-8-13(11-5-3-2-4-6-11)14(9-12)15(17,18)19/h2-10H,1H3. The molecule has 0 aliphatic carbocycles. The van der Waals surface area contributed by atoms with E-state index in [1.807, 2.05) is 0 Å². The van der Waals surface area contributed by atoms with Crippen LogP contribution in [-0.2, 0) is 6.18 Å². The minimum Gasteiger partial charge on any atom is -0.166 e. The van der Waals surface area contributed by atoms with Gasteiger partial charge >= 0.3 is 6.18 Å². The average Bonchev–Trinajstić information content (AvgIpc) is 2.38. The molecule has 4 heteroatoms. The Morgan fingerprint density at radius 2 is 1.63 bits per heavy atom. The highest BCUT2D eigenvalue weighted by atomic mass is 79.9. The summed E-state index contributed by atoms with van der Waals surface area (Å²) < 4.78 is 39.5. The van der Waals surface area contributed by atoms with Crippen LogP contribution in [0.3, 0.4) is 0 Å². The molecule has 0 fully saturated rings. The predicted molar refractivity (Wildman–Crippen MR) is 74.2 cm³/mol. The lowest BCUT2D eigenvalue weighted by molar-refractivity contribution is -0.137. The van der Waals surface area contributed by atoms with E-state index in [1.54, 1.807) is 43.3 Å². The summed E-state index contributed by atoms with van der Waals surface area (Å²) in [7, 11) is 0. The van der Waals surface area contributed by atoms with Crippen molar-refractivity contribution in [2.45, 2.75) is 17.9 Å². The van der Waals surface area contributed by atoms with E-state index >= 15 is 0 Å². The zero-order valence-corrected chi connectivity index (χ0v) is 11.8. The van der Waals surface area contributed by atoms with Crippen LogP contribution in [0.25, 0.3) is 11.1 Å². The molecule has 0 aromatic heterocycles. The summed E-state index contributed by atoms with van der Waals surface area (Å²) in [5.41, 5.74) is 0.808. The number of rotatable bonds is 2. The monoisotopic (exact) mass is 328 g/mol. The number of hydrogen-bond acceptors (Lipinski definition) is 0. The summed E-state index contributed by atoms with van der Waals surface area (Å²) in [5.74, 6) is 0. The number of hydrogen-bond donors (Lipinski definition) is 0. The molecule has 0 bridgehead atoms. The van der Waals surface area contributed by atoms with Gasteiger partial charge in [-0.3, -0.25) is 0 Å². The summed E-state index contributed by atoms with van der Waals surface area (Å²) in [6.45, 7) is 1.80. The molecule has 0 amide bonds. The molecule has 0 nitrogen and oxygen atoms in total. The molecule has 2 aromatic carbocycles. The topological polar surface area (TPSA) is 0 Å². The van der Waals surface area contributed by atoms with Crippen molar-refractivity contribution in [2.24, 2.45) is 0 Å². The van der Waals surface area contributed by atoms with E-state index in [0.29, 0.717) is 11.1 Å². The SMILES string of the molecule is CC(Br)c1ccc(-c2ccccc2)c(C(F)(F)F)c1. The van der Waals surface area contributed by atoms with Crippen molar-refractivity contribution in [3.8, 4) is 11.1 Å². The molecule has 0 saturated carbocycles. The smallest absolute Gasteiger partial charge is 0.166 e. The van der Waals surface area contributed by atoms with Gasteiger partial charge in [-0.15, -0.1) is 0 Å². The first-order valence-electron chi connectivity index (χ1n) is 5.80. The first-order chi connectivity index (χ1) is 8.89. The third kappa shape index (κ3) is 3.18. The van der Waals surface area contributed by atoms with E-state index in [-0.39, 0.29) is 10.4 Å². The van der Waals surface area contributed by atoms with Gasteiger partial charge in [-0.25, -0.2) is 0 Å². The maximum absolute atomic E-state index is 13.2. The van der Waals surface area contributed by atoms with Gasteiger partial charge in [0, 0.05) is 4.83 Å². The number of halogens is 4. The molecule has 1 unspecified atom stereocenters. The molecule has 0 spiro atoms. The van der Waals surface area contributed by atoms with Crippen LogP contribution in [0.15, 0.2) is 48.5 Å². The van der Waals surface area contributed by atoms with Crippen LogP contribution in [0.5, 0.6) is 0 Å². The first kappa shape index (κ1) is 14.1. The second kappa shape index (κ2) is 5.37. The molecular weight excluding hydrogens is 317 g/mol. The summed E-state index contributed by atoms with van der Waals surface area (Å²) in [4.78, 5) is -0.113. The van der Waals surface area contributed by atoms with Crippen molar-refractivity contribution in [3.05, 3.63) is 59.7 Å². The molecule has 0 N–H and O–H groups in total. The quantitative estimate of drug-likeness (QED) is 0.608. The fourth-order valence-electron chi connectivity index (χ4n) is 1.91. The molecule has 2 aromatic rings. The van der Waals surface area contributed by atoms with E-state index in [0.717, 1.165) is 0 Å². The van der Waals surface area contributed by atoms with Crippen LogP contribution in [-0.4, -0.2) is 0 Å². The Hall–Kier alpha value is -1.29. The van der Waals surface area contributed by atoms with Gasteiger partial charge in [0.1, 0.15) is 0 Å². The lowest BCUT2D eigenvalue weighted by Crippen LogP contribution is -2.08. The average molecular weight is 329 g/mol. The van der Waals surface area contributed by atoms with Crippen molar-refractivity contribution >= 4 is 15.9 Å². The predicted octanol–water partition coefficient (Wildman–Crippen LogP) is 5.83. The molecule has 0 heterocycles. The summed E-state index contributed by atoms with van der Waals surface area (Å²) in [6.07, 6.45) is -4.36.